The van der Waals surface area contributed by atoms with Gasteiger partial charge in [0.2, 0.25) is 0 Å². The van der Waals surface area contributed by atoms with Gasteiger partial charge in [-0.05, 0) is 13.0 Å². The number of aromatic nitrogens is 2. The second kappa shape index (κ2) is 4.14. The Labute approximate surface area is 101 Å². The maximum Gasteiger partial charge on any atom is 0.123 e. The molecule has 2 aromatic rings. The number of rotatable bonds is 2. The molecule has 1 unspecified atom stereocenters. The van der Waals surface area contributed by atoms with Crippen LogP contribution in [0.4, 0.5) is 0 Å². The van der Waals surface area contributed by atoms with Crippen LogP contribution in [0.25, 0.3) is 11.3 Å². The van der Waals surface area contributed by atoms with Gasteiger partial charge in [0.25, 0.3) is 0 Å². The molecule has 0 spiro atoms. The van der Waals surface area contributed by atoms with E-state index in [0.717, 1.165) is 17.1 Å². The molecule has 0 saturated carbocycles. The Morgan fingerprint density at radius 2 is 2.27 bits per heavy atom. The summed E-state index contributed by atoms with van der Waals surface area (Å²) >= 11 is 13.2. The number of nitrogens with zero attached hydrogens (tertiary/aromatic N) is 1. The third-order valence-electron chi connectivity index (χ3n) is 1.97. The smallest absolute Gasteiger partial charge is 0.123 e. The van der Waals surface area contributed by atoms with Gasteiger partial charge < -0.3 is 10.7 Å². The number of thiophene rings is 1. The van der Waals surface area contributed by atoms with Gasteiger partial charge in [-0.1, -0.05) is 23.2 Å². The first-order chi connectivity index (χ1) is 7.08. The van der Waals surface area contributed by atoms with Gasteiger partial charge in [-0.2, -0.15) is 0 Å². The van der Waals surface area contributed by atoms with Crippen molar-refractivity contribution >= 4 is 34.5 Å². The van der Waals surface area contributed by atoms with Crippen LogP contribution in [0.5, 0.6) is 0 Å². The van der Waals surface area contributed by atoms with E-state index in [-0.39, 0.29) is 6.04 Å². The summed E-state index contributed by atoms with van der Waals surface area (Å²) in [4.78, 5) is 7.28. The van der Waals surface area contributed by atoms with Crippen molar-refractivity contribution in [1.29, 1.82) is 0 Å². The van der Waals surface area contributed by atoms with Gasteiger partial charge in [-0.3, -0.25) is 0 Å². The summed E-state index contributed by atoms with van der Waals surface area (Å²) in [6, 6.07) is 1.69. The predicted molar refractivity (Wildman–Crippen MR) is 64.5 cm³/mol. The lowest BCUT2D eigenvalue weighted by Gasteiger charge is -1.98. The zero-order valence-corrected chi connectivity index (χ0v) is 10.2. The van der Waals surface area contributed by atoms with Gasteiger partial charge in [0.1, 0.15) is 10.2 Å². The molecule has 15 heavy (non-hydrogen) atoms. The third kappa shape index (κ3) is 2.18. The topological polar surface area (TPSA) is 54.7 Å². The molecule has 0 aliphatic carbocycles. The van der Waals surface area contributed by atoms with Crippen LogP contribution in [0.2, 0.25) is 8.67 Å². The highest BCUT2D eigenvalue weighted by Crippen LogP contribution is 2.37. The number of imidazole rings is 1. The summed E-state index contributed by atoms with van der Waals surface area (Å²) in [5, 5.41) is 0. The molecule has 0 amide bonds. The van der Waals surface area contributed by atoms with Crippen LogP contribution in [0.1, 0.15) is 18.8 Å². The summed E-state index contributed by atoms with van der Waals surface area (Å²) in [7, 11) is 0. The molecule has 0 aliphatic heterocycles. The minimum Gasteiger partial charge on any atom is -0.341 e. The number of halogens is 2. The number of hydrogen-bond donors (Lipinski definition) is 2. The van der Waals surface area contributed by atoms with E-state index in [4.69, 9.17) is 28.9 Å². The van der Waals surface area contributed by atoms with Crippen molar-refractivity contribution in [3.63, 3.8) is 0 Å². The van der Waals surface area contributed by atoms with E-state index in [2.05, 4.69) is 9.97 Å². The van der Waals surface area contributed by atoms with Crippen molar-refractivity contribution in [2.75, 3.05) is 0 Å². The molecule has 0 radical (unpaired) electrons. The SMILES string of the molecule is CC(N)c1ncc(-c2cc(Cl)sc2Cl)[nH]1. The van der Waals surface area contributed by atoms with Gasteiger partial charge in [0.15, 0.2) is 0 Å². The number of nitrogens with two attached hydrogens (primary N) is 1. The van der Waals surface area contributed by atoms with E-state index in [1.54, 1.807) is 6.20 Å². The lowest BCUT2D eigenvalue weighted by Crippen LogP contribution is -2.06. The van der Waals surface area contributed by atoms with Crippen LogP contribution in [0, 0.1) is 0 Å². The van der Waals surface area contributed by atoms with E-state index in [9.17, 15) is 0 Å². The van der Waals surface area contributed by atoms with Gasteiger partial charge >= 0.3 is 0 Å². The van der Waals surface area contributed by atoms with E-state index in [1.807, 2.05) is 13.0 Å². The molecule has 2 rings (SSSR count). The lowest BCUT2D eigenvalue weighted by molar-refractivity contribution is 0.756. The van der Waals surface area contributed by atoms with Crippen LogP contribution >= 0.6 is 34.5 Å². The number of hydrogen-bond acceptors (Lipinski definition) is 3. The molecule has 6 heteroatoms. The van der Waals surface area contributed by atoms with Gasteiger partial charge in [0, 0.05) is 5.56 Å². The average Bonchev–Trinajstić information content (AvgIpc) is 2.71. The summed E-state index contributed by atoms with van der Waals surface area (Å²) in [5.41, 5.74) is 7.41. The fourth-order valence-electron chi connectivity index (χ4n) is 1.23. The minimum atomic E-state index is -0.119. The molecule has 0 fully saturated rings. The molecule has 3 nitrogen and oxygen atoms in total. The first-order valence-corrected chi connectivity index (χ1v) is 5.91. The highest BCUT2D eigenvalue weighted by atomic mass is 35.5. The molecule has 0 saturated heterocycles. The summed E-state index contributed by atoms with van der Waals surface area (Å²) in [6.07, 6.45) is 1.71. The molecule has 2 aromatic heterocycles. The van der Waals surface area contributed by atoms with Crippen molar-refractivity contribution < 1.29 is 0 Å². The molecule has 80 valence electrons. The van der Waals surface area contributed by atoms with Crippen LogP contribution < -0.4 is 5.73 Å². The van der Waals surface area contributed by atoms with Gasteiger partial charge in [-0.15, -0.1) is 11.3 Å². The second-order valence-corrected chi connectivity index (χ2v) is 5.49. The average molecular weight is 262 g/mol. The van der Waals surface area contributed by atoms with Crippen molar-refractivity contribution in [3.05, 3.63) is 26.8 Å². The van der Waals surface area contributed by atoms with Crippen molar-refractivity contribution in [1.82, 2.24) is 9.97 Å². The van der Waals surface area contributed by atoms with Crippen LogP contribution in [-0.2, 0) is 0 Å². The van der Waals surface area contributed by atoms with Crippen LogP contribution in [0.3, 0.4) is 0 Å². The Morgan fingerprint density at radius 3 is 2.73 bits per heavy atom. The fraction of sp³-hybridized carbons (Fsp3) is 0.222. The van der Waals surface area contributed by atoms with Gasteiger partial charge in [0.05, 0.1) is 22.3 Å². The molecule has 3 N–H and O–H groups in total. The van der Waals surface area contributed by atoms with Crippen LogP contribution in [0.15, 0.2) is 12.3 Å². The summed E-state index contributed by atoms with van der Waals surface area (Å²) in [5.74, 6) is 0.739. The van der Waals surface area contributed by atoms with E-state index in [1.165, 1.54) is 11.3 Å². The molecule has 1 atom stereocenters. The highest BCUT2D eigenvalue weighted by Gasteiger charge is 2.12. The van der Waals surface area contributed by atoms with E-state index >= 15 is 0 Å². The Bertz CT molecular complexity index is 475. The Kier molecular flexibility index (Phi) is 3.02. The number of aromatic amines is 1. The zero-order valence-electron chi connectivity index (χ0n) is 7.92. The molecular weight excluding hydrogens is 253 g/mol. The maximum absolute atomic E-state index is 6.02. The summed E-state index contributed by atoms with van der Waals surface area (Å²) in [6.45, 7) is 1.87. The molecule has 2 heterocycles. The second-order valence-electron chi connectivity index (χ2n) is 3.21. The molecule has 0 aliphatic rings. The Balaban J connectivity index is 2.41. The predicted octanol–water partition coefficient (Wildman–Crippen LogP) is 3.46. The largest absolute Gasteiger partial charge is 0.341 e. The number of H-pyrrole nitrogens is 1. The van der Waals surface area contributed by atoms with E-state index in [0.29, 0.717) is 8.67 Å². The molecule has 0 bridgehead atoms. The first-order valence-electron chi connectivity index (χ1n) is 4.33. The standard InChI is InChI=1S/C9H9Cl2N3S/c1-4(12)9-13-3-6(14-9)5-2-7(10)15-8(5)11/h2-4H,12H2,1H3,(H,13,14). The minimum absolute atomic E-state index is 0.119. The Hall–Kier alpha value is -0.550. The first kappa shape index (κ1) is 11.0. The highest BCUT2D eigenvalue weighted by molar-refractivity contribution is 7.20. The quantitative estimate of drug-likeness (QED) is 0.870. The third-order valence-corrected chi connectivity index (χ3v) is 3.46. The van der Waals surface area contributed by atoms with Gasteiger partial charge in [-0.25, -0.2) is 4.98 Å². The van der Waals surface area contributed by atoms with Crippen LogP contribution in [-0.4, -0.2) is 9.97 Å². The van der Waals surface area contributed by atoms with Crippen molar-refractivity contribution in [3.8, 4) is 11.3 Å². The Morgan fingerprint density at radius 1 is 1.53 bits per heavy atom. The van der Waals surface area contributed by atoms with E-state index < -0.39 is 0 Å². The van der Waals surface area contributed by atoms with Crippen molar-refractivity contribution in [2.45, 2.75) is 13.0 Å². The monoisotopic (exact) mass is 261 g/mol. The normalized spacial score (nSPS) is 13.1. The maximum atomic E-state index is 6.02. The lowest BCUT2D eigenvalue weighted by atomic mass is 10.3. The molecule has 0 aromatic carbocycles. The fourth-order valence-corrected chi connectivity index (χ4v) is 2.72. The summed E-state index contributed by atoms with van der Waals surface area (Å²) < 4.78 is 1.31. The molecular formula is C9H9Cl2N3S. The van der Waals surface area contributed by atoms with Crippen molar-refractivity contribution in [2.24, 2.45) is 5.73 Å². The zero-order chi connectivity index (χ0) is 11.0. The number of nitrogens with one attached hydrogen (secondary N) is 1.